The molecule has 1 aromatic carbocycles. The molecule has 3 unspecified atom stereocenters. The maximum absolute atomic E-state index is 11.6. The van der Waals surface area contributed by atoms with Crippen LogP contribution >= 0.6 is 0 Å². The number of aliphatic hydroxyl groups excluding tert-OH is 1. The molecule has 0 radical (unpaired) electrons. The van der Waals surface area contributed by atoms with Gasteiger partial charge in [0, 0.05) is 12.7 Å². The van der Waals surface area contributed by atoms with Gasteiger partial charge in [-0.2, -0.15) is 0 Å². The van der Waals surface area contributed by atoms with Crippen LogP contribution in [0.2, 0.25) is 0 Å². The second-order valence-electron chi connectivity index (χ2n) is 5.60. The minimum Gasteiger partial charge on any atom is -0.490 e. The maximum Gasteiger partial charge on any atom is 0.150 e. The van der Waals surface area contributed by atoms with Crippen molar-refractivity contribution in [2.45, 2.75) is 50.1 Å². The first-order valence-corrected chi connectivity index (χ1v) is 8.95. The molecule has 1 aromatic rings. The lowest BCUT2D eigenvalue weighted by atomic mass is 9.97. The Morgan fingerprint density at radius 2 is 1.90 bits per heavy atom. The molecule has 3 atom stereocenters. The summed E-state index contributed by atoms with van der Waals surface area (Å²) >= 11 is 0. The molecule has 1 fully saturated rings. The van der Waals surface area contributed by atoms with Crippen molar-refractivity contribution in [2.75, 3.05) is 6.26 Å². The number of rotatable bonds is 4. The van der Waals surface area contributed by atoms with Crippen molar-refractivity contribution in [1.29, 1.82) is 0 Å². The van der Waals surface area contributed by atoms with Crippen LogP contribution in [0.5, 0.6) is 5.75 Å². The Morgan fingerprint density at radius 1 is 1.25 bits per heavy atom. The highest BCUT2D eigenvalue weighted by Crippen LogP contribution is 2.28. The van der Waals surface area contributed by atoms with E-state index in [0.29, 0.717) is 6.42 Å². The quantitative estimate of drug-likeness (QED) is 0.927. The molecular formula is C15H22O4S. The average molecular weight is 298 g/mol. The lowest BCUT2D eigenvalue weighted by Crippen LogP contribution is -2.33. The fraction of sp³-hybridized carbons (Fsp3) is 0.600. The first-order chi connectivity index (χ1) is 9.36. The van der Waals surface area contributed by atoms with E-state index in [2.05, 4.69) is 0 Å². The third-order valence-corrected chi connectivity index (χ3v) is 5.49. The molecule has 0 aliphatic heterocycles. The van der Waals surface area contributed by atoms with Crippen molar-refractivity contribution >= 4 is 9.84 Å². The van der Waals surface area contributed by atoms with Crippen molar-refractivity contribution in [2.24, 2.45) is 0 Å². The third kappa shape index (κ3) is 3.96. The van der Waals surface area contributed by atoms with Crippen LogP contribution < -0.4 is 4.74 Å². The molecule has 1 aliphatic carbocycles. The van der Waals surface area contributed by atoms with Crippen LogP contribution in [0.4, 0.5) is 0 Å². The van der Waals surface area contributed by atoms with Gasteiger partial charge in [0.2, 0.25) is 0 Å². The van der Waals surface area contributed by atoms with E-state index in [9.17, 15) is 13.5 Å². The first-order valence-electron chi connectivity index (χ1n) is 7.00. The standard InChI is InChI=1S/C15H22O4S/c1-11(16)12-6-8-13(9-7-12)19-14-4-3-5-15(10-14)20(2,17)18/h6-9,11,14-16H,3-5,10H2,1-2H3. The molecule has 0 amide bonds. The van der Waals surface area contributed by atoms with E-state index in [1.165, 1.54) is 6.26 Å². The monoisotopic (exact) mass is 298 g/mol. The van der Waals surface area contributed by atoms with E-state index in [4.69, 9.17) is 4.74 Å². The summed E-state index contributed by atoms with van der Waals surface area (Å²) in [6.07, 6.45) is 3.85. The zero-order chi connectivity index (χ0) is 14.8. The van der Waals surface area contributed by atoms with E-state index in [1.54, 1.807) is 6.92 Å². The number of hydrogen-bond acceptors (Lipinski definition) is 4. The largest absolute Gasteiger partial charge is 0.490 e. The zero-order valence-corrected chi connectivity index (χ0v) is 12.8. The summed E-state index contributed by atoms with van der Waals surface area (Å²) in [4.78, 5) is 0. The number of sulfone groups is 1. The van der Waals surface area contributed by atoms with Gasteiger partial charge in [0.05, 0.1) is 17.5 Å². The topological polar surface area (TPSA) is 63.6 Å². The molecule has 0 heterocycles. The van der Waals surface area contributed by atoms with Gasteiger partial charge < -0.3 is 9.84 Å². The van der Waals surface area contributed by atoms with E-state index < -0.39 is 15.9 Å². The Labute approximate surface area is 120 Å². The molecule has 1 aliphatic rings. The van der Waals surface area contributed by atoms with E-state index in [-0.39, 0.29) is 11.4 Å². The van der Waals surface area contributed by atoms with Crippen LogP contribution in [0.25, 0.3) is 0 Å². The Balaban J connectivity index is 1.99. The van der Waals surface area contributed by atoms with Gasteiger partial charge in [0.15, 0.2) is 0 Å². The van der Waals surface area contributed by atoms with Gasteiger partial charge in [-0.05, 0) is 43.9 Å². The molecule has 1 saturated carbocycles. The van der Waals surface area contributed by atoms with Crippen molar-refractivity contribution in [3.05, 3.63) is 29.8 Å². The maximum atomic E-state index is 11.6. The SMILES string of the molecule is CC(O)c1ccc(OC2CCCC(S(C)(=O)=O)C2)cc1. The molecule has 2 rings (SSSR count). The number of hydrogen-bond donors (Lipinski definition) is 1. The summed E-state index contributed by atoms with van der Waals surface area (Å²) in [6, 6.07) is 7.31. The first kappa shape index (κ1) is 15.3. The smallest absolute Gasteiger partial charge is 0.150 e. The zero-order valence-electron chi connectivity index (χ0n) is 12.0. The second-order valence-corrected chi connectivity index (χ2v) is 7.93. The third-order valence-electron chi connectivity index (χ3n) is 3.85. The molecular weight excluding hydrogens is 276 g/mol. The fourth-order valence-corrected chi connectivity index (χ4v) is 3.77. The molecule has 0 spiro atoms. The van der Waals surface area contributed by atoms with Crippen LogP contribution in [-0.2, 0) is 9.84 Å². The molecule has 1 N–H and O–H groups in total. The van der Waals surface area contributed by atoms with Crippen LogP contribution in [0.15, 0.2) is 24.3 Å². The molecule has 0 aromatic heterocycles. The van der Waals surface area contributed by atoms with Gasteiger partial charge in [-0.1, -0.05) is 12.1 Å². The summed E-state index contributed by atoms with van der Waals surface area (Å²) < 4.78 is 29.1. The summed E-state index contributed by atoms with van der Waals surface area (Å²) in [5, 5.41) is 9.17. The van der Waals surface area contributed by atoms with Gasteiger partial charge in [-0.15, -0.1) is 0 Å². The number of ether oxygens (including phenoxy) is 1. The molecule has 5 heteroatoms. The van der Waals surface area contributed by atoms with Gasteiger partial charge in [-0.3, -0.25) is 0 Å². The van der Waals surface area contributed by atoms with Crippen molar-refractivity contribution in [1.82, 2.24) is 0 Å². The lowest BCUT2D eigenvalue weighted by molar-refractivity contribution is 0.156. The van der Waals surface area contributed by atoms with Gasteiger partial charge in [-0.25, -0.2) is 8.42 Å². The minimum atomic E-state index is -2.98. The van der Waals surface area contributed by atoms with E-state index >= 15 is 0 Å². The highest BCUT2D eigenvalue weighted by molar-refractivity contribution is 7.91. The van der Waals surface area contributed by atoms with Gasteiger partial charge in [0.1, 0.15) is 15.6 Å². The van der Waals surface area contributed by atoms with Crippen molar-refractivity contribution in [3.8, 4) is 5.75 Å². The summed E-state index contributed by atoms with van der Waals surface area (Å²) in [5.41, 5.74) is 0.843. The molecule has 20 heavy (non-hydrogen) atoms. The molecule has 112 valence electrons. The highest BCUT2D eigenvalue weighted by atomic mass is 32.2. The predicted molar refractivity (Wildman–Crippen MR) is 78.6 cm³/mol. The lowest BCUT2D eigenvalue weighted by Gasteiger charge is -2.28. The Morgan fingerprint density at radius 3 is 2.45 bits per heavy atom. The Hall–Kier alpha value is -1.07. The van der Waals surface area contributed by atoms with Crippen molar-refractivity contribution < 1.29 is 18.3 Å². The summed E-state index contributed by atoms with van der Waals surface area (Å²) in [7, 11) is -2.98. The molecule has 0 saturated heterocycles. The average Bonchev–Trinajstić information content (AvgIpc) is 2.38. The van der Waals surface area contributed by atoms with Crippen LogP contribution in [0.3, 0.4) is 0 Å². The van der Waals surface area contributed by atoms with Crippen LogP contribution in [0.1, 0.15) is 44.3 Å². The van der Waals surface area contributed by atoms with Crippen molar-refractivity contribution in [3.63, 3.8) is 0 Å². The van der Waals surface area contributed by atoms with E-state index in [0.717, 1.165) is 30.6 Å². The normalized spacial score (nSPS) is 25.1. The fourth-order valence-electron chi connectivity index (χ4n) is 2.62. The minimum absolute atomic E-state index is 0.0409. The number of aliphatic hydroxyl groups is 1. The Bertz CT molecular complexity index is 533. The predicted octanol–water partition coefficient (Wildman–Crippen LogP) is 2.47. The second kappa shape index (κ2) is 6.14. The summed E-state index contributed by atoms with van der Waals surface area (Å²) in [6.45, 7) is 1.72. The van der Waals surface area contributed by atoms with Crippen LogP contribution in [-0.4, -0.2) is 31.1 Å². The summed E-state index contributed by atoms with van der Waals surface area (Å²) in [5.74, 6) is 0.730. The van der Waals surface area contributed by atoms with Gasteiger partial charge >= 0.3 is 0 Å². The molecule has 4 nitrogen and oxygen atoms in total. The Kier molecular flexibility index (Phi) is 4.70. The van der Waals surface area contributed by atoms with E-state index in [1.807, 2.05) is 24.3 Å². The molecule has 0 bridgehead atoms. The van der Waals surface area contributed by atoms with Crippen LogP contribution in [0, 0.1) is 0 Å². The van der Waals surface area contributed by atoms with Gasteiger partial charge in [0.25, 0.3) is 0 Å². The highest BCUT2D eigenvalue weighted by Gasteiger charge is 2.29. The number of benzene rings is 1.